The summed E-state index contributed by atoms with van der Waals surface area (Å²) in [6.07, 6.45) is 2.93. The fourth-order valence-electron chi connectivity index (χ4n) is 4.52. The van der Waals surface area contributed by atoms with Crippen LogP contribution < -0.4 is 5.32 Å². The third-order valence-corrected chi connectivity index (χ3v) is 8.14. The van der Waals surface area contributed by atoms with E-state index in [1.165, 1.54) is 4.31 Å². The van der Waals surface area contributed by atoms with E-state index in [1.54, 1.807) is 25.1 Å². The fourth-order valence-corrected chi connectivity index (χ4v) is 6.02. The van der Waals surface area contributed by atoms with Gasteiger partial charge in [-0.3, -0.25) is 4.79 Å². The van der Waals surface area contributed by atoms with E-state index in [9.17, 15) is 18.0 Å². The Morgan fingerprint density at radius 3 is 2.28 bits per heavy atom. The molecule has 9 heteroatoms. The summed E-state index contributed by atoms with van der Waals surface area (Å²) in [4.78, 5) is 24.4. The smallest absolute Gasteiger partial charge is 0.407 e. The van der Waals surface area contributed by atoms with Crippen LogP contribution in [-0.4, -0.2) is 56.6 Å². The number of hydrogen-bond acceptors (Lipinski definition) is 6. The second kappa shape index (κ2) is 12.1. The number of sulfonamides is 1. The summed E-state index contributed by atoms with van der Waals surface area (Å²) in [6, 6.07) is 12.6. The number of carbonyl (C=O) groups is 2. The van der Waals surface area contributed by atoms with E-state index >= 15 is 0 Å². The number of benzene rings is 2. The van der Waals surface area contributed by atoms with Crippen LogP contribution in [0.3, 0.4) is 0 Å². The highest BCUT2D eigenvalue weighted by Crippen LogP contribution is 2.31. The number of hydrogen-bond donors (Lipinski definition) is 1. The molecule has 1 aliphatic carbocycles. The van der Waals surface area contributed by atoms with Gasteiger partial charge in [0, 0.05) is 13.1 Å². The first kappa shape index (κ1) is 27.9. The zero-order valence-electron chi connectivity index (χ0n) is 21.7. The Morgan fingerprint density at radius 1 is 1.00 bits per heavy atom. The highest BCUT2D eigenvalue weighted by Gasteiger charge is 2.32. The molecule has 8 nitrogen and oxygen atoms in total. The summed E-state index contributed by atoms with van der Waals surface area (Å²) in [5, 5.41) is 4.61. The third kappa shape index (κ3) is 7.93. The van der Waals surface area contributed by atoms with E-state index in [1.807, 2.05) is 45.0 Å². The standard InChI is InChI=1S/C27H38N2O6S/c1-5-34-25(30)19-29(36(32,33)24-15-14-22-8-6-7-9-23(22)16-24)18-21-12-10-20(11-13-21)17-28-26(31)35-27(2,3)4/h6-9,14-16,20-21H,5,10-13,17-19H2,1-4H3,(H,28,31)/t20-,21-. The fraction of sp³-hybridized carbons (Fsp3) is 0.556. The number of esters is 1. The molecule has 1 saturated carbocycles. The van der Waals surface area contributed by atoms with Gasteiger partial charge in [-0.15, -0.1) is 0 Å². The lowest BCUT2D eigenvalue weighted by molar-refractivity contribution is -0.143. The predicted octanol–water partition coefficient (Wildman–Crippen LogP) is 4.72. The van der Waals surface area contributed by atoms with E-state index in [0.29, 0.717) is 12.5 Å². The van der Waals surface area contributed by atoms with Crippen molar-refractivity contribution in [3.8, 4) is 0 Å². The molecule has 3 rings (SSSR count). The van der Waals surface area contributed by atoms with E-state index in [-0.39, 0.29) is 30.5 Å². The summed E-state index contributed by atoms with van der Waals surface area (Å²) in [5.41, 5.74) is -0.541. The monoisotopic (exact) mass is 518 g/mol. The number of nitrogens with one attached hydrogen (secondary N) is 1. The van der Waals surface area contributed by atoms with E-state index < -0.39 is 27.7 Å². The summed E-state index contributed by atoms with van der Waals surface area (Å²) in [7, 11) is -3.90. The van der Waals surface area contributed by atoms with Gasteiger partial charge in [-0.1, -0.05) is 30.3 Å². The molecule has 0 unspecified atom stereocenters. The molecule has 0 atom stereocenters. The molecule has 36 heavy (non-hydrogen) atoms. The van der Waals surface area contributed by atoms with Crippen LogP contribution in [0.4, 0.5) is 4.79 Å². The number of ether oxygens (including phenoxy) is 2. The Kier molecular flexibility index (Phi) is 9.35. The van der Waals surface area contributed by atoms with Crippen molar-refractivity contribution >= 4 is 32.9 Å². The topological polar surface area (TPSA) is 102 Å². The number of rotatable bonds is 9. The summed E-state index contributed by atoms with van der Waals surface area (Å²) in [5.74, 6) is -0.131. The molecule has 2 aromatic rings. The zero-order chi connectivity index (χ0) is 26.3. The van der Waals surface area contributed by atoms with Crippen molar-refractivity contribution in [2.75, 3.05) is 26.2 Å². The molecule has 0 aromatic heterocycles. The largest absolute Gasteiger partial charge is 0.465 e. The molecular formula is C27H38N2O6S. The number of carbonyl (C=O) groups excluding carboxylic acids is 2. The SMILES string of the molecule is CCOC(=O)CN(C[C@H]1CC[C@H](CNC(=O)OC(C)(C)C)CC1)S(=O)(=O)c1ccc2ccccc2c1. The van der Waals surface area contributed by atoms with Gasteiger partial charge in [0.1, 0.15) is 12.1 Å². The van der Waals surface area contributed by atoms with Crippen molar-refractivity contribution < 1.29 is 27.5 Å². The Balaban J connectivity index is 1.66. The summed E-state index contributed by atoms with van der Waals surface area (Å²) >= 11 is 0. The van der Waals surface area contributed by atoms with E-state index in [2.05, 4.69) is 5.32 Å². The highest BCUT2D eigenvalue weighted by molar-refractivity contribution is 7.89. The van der Waals surface area contributed by atoms with Gasteiger partial charge in [0.05, 0.1) is 11.5 Å². The lowest BCUT2D eigenvalue weighted by Crippen LogP contribution is -2.41. The molecule has 0 radical (unpaired) electrons. The minimum Gasteiger partial charge on any atom is -0.465 e. The van der Waals surface area contributed by atoms with Crippen LogP contribution in [-0.2, 0) is 24.3 Å². The predicted molar refractivity (Wildman–Crippen MR) is 139 cm³/mol. The lowest BCUT2D eigenvalue weighted by Gasteiger charge is -2.32. The minimum absolute atomic E-state index is 0.118. The maximum absolute atomic E-state index is 13.6. The number of fused-ring (bicyclic) bond motifs is 1. The molecule has 1 amide bonds. The molecule has 1 aliphatic rings. The first-order chi connectivity index (χ1) is 17.0. The second-order valence-corrected chi connectivity index (χ2v) is 12.3. The molecule has 1 fully saturated rings. The molecule has 0 bridgehead atoms. The maximum Gasteiger partial charge on any atom is 0.407 e. The first-order valence-corrected chi connectivity index (χ1v) is 14.0. The van der Waals surface area contributed by atoms with Gasteiger partial charge >= 0.3 is 12.1 Å². The zero-order valence-corrected chi connectivity index (χ0v) is 22.5. The average Bonchev–Trinajstić information content (AvgIpc) is 2.82. The Bertz CT molecular complexity index is 1150. The second-order valence-electron chi connectivity index (χ2n) is 10.4. The molecule has 0 heterocycles. The Labute approximate surface area is 214 Å². The highest BCUT2D eigenvalue weighted by atomic mass is 32.2. The average molecular weight is 519 g/mol. The lowest BCUT2D eigenvalue weighted by atomic mass is 9.82. The normalized spacial score (nSPS) is 18.7. The van der Waals surface area contributed by atoms with Crippen LogP contribution in [0.25, 0.3) is 10.8 Å². The van der Waals surface area contributed by atoms with Crippen LogP contribution in [0.2, 0.25) is 0 Å². The van der Waals surface area contributed by atoms with Crippen LogP contribution in [0.1, 0.15) is 53.4 Å². The van der Waals surface area contributed by atoms with Gasteiger partial charge in [0.25, 0.3) is 0 Å². The van der Waals surface area contributed by atoms with Gasteiger partial charge in [-0.2, -0.15) is 4.31 Å². The number of alkyl carbamates (subject to hydrolysis) is 1. The van der Waals surface area contributed by atoms with Crippen LogP contribution in [0, 0.1) is 11.8 Å². The number of amides is 1. The van der Waals surface area contributed by atoms with Gasteiger partial charge in [-0.25, -0.2) is 13.2 Å². The van der Waals surface area contributed by atoms with Crippen molar-refractivity contribution in [3.63, 3.8) is 0 Å². The van der Waals surface area contributed by atoms with E-state index in [0.717, 1.165) is 36.5 Å². The quantitative estimate of drug-likeness (QED) is 0.482. The third-order valence-electron chi connectivity index (χ3n) is 6.33. The van der Waals surface area contributed by atoms with Crippen molar-refractivity contribution in [2.24, 2.45) is 11.8 Å². The minimum atomic E-state index is -3.90. The summed E-state index contributed by atoms with van der Waals surface area (Å²) < 4.78 is 38.8. The van der Waals surface area contributed by atoms with Crippen LogP contribution in [0.15, 0.2) is 47.4 Å². The Morgan fingerprint density at radius 2 is 1.64 bits per heavy atom. The van der Waals surface area contributed by atoms with Crippen LogP contribution in [0.5, 0.6) is 0 Å². The van der Waals surface area contributed by atoms with Crippen molar-refractivity contribution in [3.05, 3.63) is 42.5 Å². The molecule has 2 aromatic carbocycles. The molecule has 0 saturated heterocycles. The molecular weight excluding hydrogens is 480 g/mol. The molecule has 198 valence electrons. The van der Waals surface area contributed by atoms with Crippen molar-refractivity contribution in [2.45, 2.75) is 63.9 Å². The molecule has 1 N–H and O–H groups in total. The van der Waals surface area contributed by atoms with Gasteiger partial charge in [0.2, 0.25) is 10.0 Å². The maximum atomic E-state index is 13.6. The molecule has 0 aliphatic heterocycles. The van der Waals surface area contributed by atoms with Gasteiger partial charge < -0.3 is 14.8 Å². The van der Waals surface area contributed by atoms with Crippen molar-refractivity contribution in [1.82, 2.24) is 9.62 Å². The van der Waals surface area contributed by atoms with Gasteiger partial charge in [0.15, 0.2) is 0 Å². The van der Waals surface area contributed by atoms with Crippen molar-refractivity contribution in [1.29, 1.82) is 0 Å². The summed E-state index contributed by atoms with van der Waals surface area (Å²) in [6.45, 7) is 7.83. The number of nitrogens with zero attached hydrogens (tertiary/aromatic N) is 1. The Hall–Kier alpha value is -2.65. The van der Waals surface area contributed by atoms with E-state index in [4.69, 9.17) is 9.47 Å². The van der Waals surface area contributed by atoms with Crippen LogP contribution >= 0.6 is 0 Å². The van der Waals surface area contributed by atoms with Gasteiger partial charge in [-0.05, 0) is 88.1 Å². The first-order valence-electron chi connectivity index (χ1n) is 12.6. The molecule has 0 spiro atoms.